The Morgan fingerprint density at radius 2 is 2.00 bits per heavy atom. The summed E-state index contributed by atoms with van der Waals surface area (Å²) >= 11 is 0. The first-order valence-corrected chi connectivity index (χ1v) is 2.96. The van der Waals surface area contributed by atoms with Gasteiger partial charge in [0.25, 0.3) is 0 Å². The van der Waals surface area contributed by atoms with Crippen molar-refractivity contribution in [2.75, 3.05) is 13.2 Å². The normalized spacial score (nSPS) is 9.91. The Hall–Kier alpha value is -1.36. The van der Waals surface area contributed by atoms with E-state index in [1.807, 2.05) is 0 Å². The third-order valence-corrected chi connectivity index (χ3v) is 0.788. The summed E-state index contributed by atoms with van der Waals surface area (Å²) in [5.74, 6) is -1.70. The molecule has 0 aliphatic heterocycles. The fourth-order valence-electron chi connectivity index (χ4n) is 0.385. The van der Waals surface area contributed by atoms with Crippen LogP contribution in [0.4, 0.5) is 0 Å². The second-order valence-corrected chi connectivity index (χ2v) is 1.69. The Morgan fingerprint density at radius 3 is 2.45 bits per heavy atom. The number of hydrogen-bond acceptors (Lipinski definition) is 3. The molecule has 3 N–H and O–H groups in total. The Morgan fingerprint density at radius 1 is 1.36 bits per heavy atom. The SMILES string of the molecule is O=C(O)/C=C/C(=O)NCCO. The van der Waals surface area contributed by atoms with Crippen molar-refractivity contribution in [1.82, 2.24) is 5.32 Å². The molecule has 0 radical (unpaired) electrons. The average molecular weight is 159 g/mol. The van der Waals surface area contributed by atoms with Crippen molar-refractivity contribution in [2.45, 2.75) is 0 Å². The van der Waals surface area contributed by atoms with Crippen LogP contribution in [0.25, 0.3) is 0 Å². The van der Waals surface area contributed by atoms with E-state index in [0.29, 0.717) is 0 Å². The van der Waals surface area contributed by atoms with Crippen LogP contribution < -0.4 is 5.32 Å². The van der Waals surface area contributed by atoms with E-state index < -0.39 is 11.9 Å². The number of carboxylic acids is 1. The Labute approximate surface area is 63.3 Å². The zero-order valence-electron chi connectivity index (χ0n) is 5.78. The lowest BCUT2D eigenvalue weighted by molar-refractivity contribution is -0.131. The number of nitrogens with one attached hydrogen (secondary N) is 1. The monoisotopic (exact) mass is 159 g/mol. The summed E-state index contributed by atoms with van der Waals surface area (Å²) < 4.78 is 0. The van der Waals surface area contributed by atoms with Gasteiger partial charge in [0.15, 0.2) is 0 Å². The molecule has 1 amide bonds. The Balaban J connectivity index is 3.60. The summed E-state index contributed by atoms with van der Waals surface area (Å²) in [5, 5.41) is 18.6. The molecule has 0 saturated heterocycles. The molecular formula is C6H9NO4. The van der Waals surface area contributed by atoms with Gasteiger partial charge in [0.05, 0.1) is 6.61 Å². The molecule has 0 aromatic carbocycles. The highest BCUT2D eigenvalue weighted by atomic mass is 16.4. The molecule has 0 heterocycles. The van der Waals surface area contributed by atoms with Crippen LogP contribution in [0.1, 0.15) is 0 Å². The zero-order chi connectivity index (χ0) is 8.69. The molecule has 62 valence electrons. The molecule has 0 fully saturated rings. The molecule has 0 rings (SSSR count). The molecule has 0 aliphatic carbocycles. The lowest BCUT2D eigenvalue weighted by atomic mass is 10.4. The maximum absolute atomic E-state index is 10.5. The Kier molecular flexibility index (Phi) is 4.76. The van der Waals surface area contributed by atoms with Crippen LogP contribution in [0, 0.1) is 0 Å². The number of carbonyl (C=O) groups excluding carboxylic acids is 1. The number of aliphatic carboxylic acids is 1. The summed E-state index contributed by atoms with van der Waals surface area (Å²) in [6.07, 6.45) is 1.62. The van der Waals surface area contributed by atoms with Crippen LogP contribution in [0.2, 0.25) is 0 Å². The average Bonchev–Trinajstić information content (AvgIpc) is 1.97. The molecule has 5 nitrogen and oxygen atoms in total. The Bertz CT molecular complexity index is 175. The fourth-order valence-corrected chi connectivity index (χ4v) is 0.385. The van der Waals surface area contributed by atoms with Crippen molar-refractivity contribution in [3.63, 3.8) is 0 Å². The van der Waals surface area contributed by atoms with Crippen LogP contribution in [-0.2, 0) is 9.59 Å². The molecule has 0 aliphatic rings. The second kappa shape index (κ2) is 5.43. The van der Waals surface area contributed by atoms with E-state index in [0.717, 1.165) is 12.2 Å². The molecule has 0 saturated carbocycles. The molecule has 0 bridgehead atoms. The molecular weight excluding hydrogens is 150 g/mol. The van der Waals surface area contributed by atoms with E-state index >= 15 is 0 Å². The number of aliphatic hydroxyl groups is 1. The number of hydrogen-bond donors (Lipinski definition) is 3. The molecule has 0 unspecified atom stereocenters. The van der Waals surface area contributed by atoms with Gasteiger partial charge in [-0.2, -0.15) is 0 Å². The van der Waals surface area contributed by atoms with Gasteiger partial charge in [0.2, 0.25) is 5.91 Å². The molecule has 11 heavy (non-hydrogen) atoms. The fraction of sp³-hybridized carbons (Fsp3) is 0.333. The van der Waals surface area contributed by atoms with Crippen LogP contribution in [0.15, 0.2) is 12.2 Å². The van der Waals surface area contributed by atoms with Crippen molar-refractivity contribution in [3.8, 4) is 0 Å². The van der Waals surface area contributed by atoms with Gasteiger partial charge < -0.3 is 15.5 Å². The van der Waals surface area contributed by atoms with E-state index in [2.05, 4.69) is 5.32 Å². The maximum atomic E-state index is 10.5. The van der Waals surface area contributed by atoms with Gasteiger partial charge in [-0.05, 0) is 0 Å². The topological polar surface area (TPSA) is 86.6 Å². The van der Waals surface area contributed by atoms with Crippen LogP contribution in [-0.4, -0.2) is 35.2 Å². The minimum absolute atomic E-state index is 0.128. The first-order chi connectivity index (χ1) is 5.16. The number of rotatable bonds is 4. The summed E-state index contributed by atoms with van der Waals surface area (Å²) in [6.45, 7) is -0.0323. The van der Waals surface area contributed by atoms with Crippen molar-refractivity contribution >= 4 is 11.9 Å². The van der Waals surface area contributed by atoms with Crippen LogP contribution in [0.5, 0.6) is 0 Å². The van der Waals surface area contributed by atoms with E-state index in [-0.39, 0.29) is 13.2 Å². The highest BCUT2D eigenvalue weighted by Gasteiger charge is 1.93. The maximum Gasteiger partial charge on any atom is 0.328 e. The molecule has 0 atom stereocenters. The van der Waals surface area contributed by atoms with Gasteiger partial charge >= 0.3 is 5.97 Å². The summed E-state index contributed by atoms with van der Waals surface area (Å²) in [4.78, 5) is 20.4. The van der Waals surface area contributed by atoms with Gasteiger partial charge in [0, 0.05) is 18.7 Å². The minimum atomic E-state index is -1.18. The number of amides is 1. The molecule has 0 aromatic rings. The van der Waals surface area contributed by atoms with Crippen molar-refractivity contribution in [2.24, 2.45) is 0 Å². The van der Waals surface area contributed by atoms with Crippen LogP contribution in [0.3, 0.4) is 0 Å². The third-order valence-electron chi connectivity index (χ3n) is 0.788. The summed E-state index contributed by atoms with van der Waals surface area (Å²) in [6, 6.07) is 0. The number of carboxylic acid groups (broad SMARTS) is 1. The first kappa shape index (κ1) is 9.64. The first-order valence-electron chi connectivity index (χ1n) is 2.96. The highest BCUT2D eigenvalue weighted by Crippen LogP contribution is 1.73. The molecule has 0 aromatic heterocycles. The van der Waals surface area contributed by atoms with Crippen molar-refractivity contribution in [3.05, 3.63) is 12.2 Å². The van der Waals surface area contributed by atoms with Crippen LogP contribution >= 0.6 is 0 Å². The van der Waals surface area contributed by atoms with E-state index in [1.54, 1.807) is 0 Å². The third kappa shape index (κ3) is 6.53. The van der Waals surface area contributed by atoms with Crippen molar-refractivity contribution < 1.29 is 19.8 Å². The lowest BCUT2D eigenvalue weighted by Gasteiger charge is -1.95. The molecule has 5 heteroatoms. The summed E-state index contributed by atoms with van der Waals surface area (Å²) in [7, 11) is 0. The van der Waals surface area contributed by atoms with Gasteiger partial charge in [0.1, 0.15) is 0 Å². The lowest BCUT2D eigenvalue weighted by Crippen LogP contribution is -2.24. The highest BCUT2D eigenvalue weighted by molar-refractivity contribution is 5.93. The van der Waals surface area contributed by atoms with Gasteiger partial charge in [-0.1, -0.05) is 0 Å². The van der Waals surface area contributed by atoms with E-state index in [9.17, 15) is 9.59 Å². The standard InChI is InChI=1S/C6H9NO4/c8-4-3-7-5(9)1-2-6(10)11/h1-2,8H,3-4H2,(H,7,9)(H,10,11)/b2-1+. The summed E-state index contributed by atoms with van der Waals surface area (Å²) in [5.41, 5.74) is 0. The zero-order valence-corrected chi connectivity index (χ0v) is 5.78. The quantitative estimate of drug-likeness (QED) is 0.446. The van der Waals surface area contributed by atoms with Gasteiger partial charge in [-0.3, -0.25) is 4.79 Å². The minimum Gasteiger partial charge on any atom is -0.478 e. The van der Waals surface area contributed by atoms with E-state index in [1.165, 1.54) is 0 Å². The largest absolute Gasteiger partial charge is 0.478 e. The van der Waals surface area contributed by atoms with E-state index in [4.69, 9.17) is 10.2 Å². The second-order valence-electron chi connectivity index (χ2n) is 1.69. The van der Waals surface area contributed by atoms with Gasteiger partial charge in [-0.25, -0.2) is 4.79 Å². The predicted molar refractivity (Wildman–Crippen MR) is 36.9 cm³/mol. The smallest absolute Gasteiger partial charge is 0.328 e. The number of aliphatic hydroxyl groups excluding tert-OH is 1. The molecule has 0 spiro atoms. The predicted octanol–water partition coefficient (Wildman–Crippen LogP) is -1.26. The van der Waals surface area contributed by atoms with Gasteiger partial charge in [-0.15, -0.1) is 0 Å². The number of carbonyl (C=O) groups is 2. The van der Waals surface area contributed by atoms with Crippen molar-refractivity contribution in [1.29, 1.82) is 0 Å².